The Morgan fingerprint density at radius 1 is 1.41 bits per heavy atom. The van der Waals surface area contributed by atoms with Crippen molar-refractivity contribution in [2.45, 2.75) is 31.6 Å². The van der Waals surface area contributed by atoms with Gasteiger partial charge in [0, 0.05) is 24.1 Å². The highest BCUT2D eigenvalue weighted by Gasteiger charge is 2.11. The minimum Gasteiger partial charge on any atom is -0.372 e. The van der Waals surface area contributed by atoms with Crippen LogP contribution < -0.4 is 4.90 Å². The molecule has 3 heteroatoms. The van der Waals surface area contributed by atoms with Crippen LogP contribution in [0.2, 0.25) is 0 Å². The summed E-state index contributed by atoms with van der Waals surface area (Å²) in [6, 6.07) is 7.30. The summed E-state index contributed by atoms with van der Waals surface area (Å²) in [7, 11) is 2.20. The number of hydrogen-bond acceptors (Lipinski definition) is 2. The minimum atomic E-state index is 0.593. The summed E-state index contributed by atoms with van der Waals surface area (Å²) in [6.07, 6.45) is 3.40. The maximum atomic E-state index is 3.50. The van der Waals surface area contributed by atoms with E-state index in [9.17, 15) is 0 Å². The second-order valence-corrected chi connectivity index (χ2v) is 6.04. The molecule has 1 aromatic rings. The summed E-state index contributed by atoms with van der Waals surface area (Å²) < 4.78 is 0. The number of hydrogen-bond donors (Lipinski definition) is 0. The van der Waals surface area contributed by atoms with E-state index in [1.165, 1.54) is 29.0 Å². The number of alkyl halides is 1. The molecule has 0 aliphatic carbocycles. The highest BCUT2D eigenvalue weighted by Crippen LogP contribution is 2.24. The molecular formula is C14H22BrNS. The van der Waals surface area contributed by atoms with Gasteiger partial charge in [-0.1, -0.05) is 28.1 Å². The third-order valence-corrected chi connectivity index (χ3v) is 4.49. The Balaban J connectivity index is 2.77. The fraction of sp³-hybridized carbons (Fsp3) is 0.571. The molecule has 1 atom stereocenters. The number of benzene rings is 1. The number of halogens is 1. The van der Waals surface area contributed by atoms with E-state index in [0.29, 0.717) is 6.04 Å². The smallest absolute Gasteiger partial charge is 0.0395 e. The molecule has 0 aliphatic heterocycles. The highest BCUT2D eigenvalue weighted by atomic mass is 79.9. The zero-order valence-electron chi connectivity index (χ0n) is 11.2. The number of aryl methyl sites for hydroxylation is 1. The first-order valence-corrected chi connectivity index (χ1v) is 8.49. The molecule has 1 nitrogen and oxygen atoms in total. The molecule has 0 saturated heterocycles. The molecule has 1 aromatic carbocycles. The lowest BCUT2D eigenvalue weighted by molar-refractivity contribution is 0.668. The second-order valence-electron chi connectivity index (χ2n) is 4.50. The van der Waals surface area contributed by atoms with Crippen LogP contribution in [0.4, 0.5) is 5.69 Å². The van der Waals surface area contributed by atoms with Gasteiger partial charge in [0.05, 0.1) is 0 Å². The zero-order valence-corrected chi connectivity index (χ0v) is 13.6. The fourth-order valence-corrected chi connectivity index (χ4v) is 2.84. The van der Waals surface area contributed by atoms with Crippen molar-refractivity contribution in [1.29, 1.82) is 0 Å². The van der Waals surface area contributed by atoms with E-state index >= 15 is 0 Å². The van der Waals surface area contributed by atoms with Gasteiger partial charge in [0.1, 0.15) is 0 Å². The van der Waals surface area contributed by atoms with E-state index in [1.54, 1.807) is 0 Å². The van der Waals surface area contributed by atoms with Crippen molar-refractivity contribution in [3.63, 3.8) is 0 Å². The first-order chi connectivity index (χ1) is 8.10. The molecule has 17 heavy (non-hydrogen) atoms. The normalized spacial score (nSPS) is 12.5. The fourth-order valence-electron chi connectivity index (χ4n) is 1.92. The molecule has 0 saturated carbocycles. The molecule has 0 radical (unpaired) electrons. The van der Waals surface area contributed by atoms with Crippen LogP contribution in [0.15, 0.2) is 18.2 Å². The van der Waals surface area contributed by atoms with E-state index in [1.807, 2.05) is 11.8 Å². The van der Waals surface area contributed by atoms with Crippen molar-refractivity contribution in [3.8, 4) is 0 Å². The van der Waals surface area contributed by atoms with Gasteiger partial charge in [-0.25, -0.2) is 0 Å². The summed E-state index contributed by atoms with van der Waals surface area (Å²) in [6.45, 7) is 4.49. The van der Waals surface area contributed by atoms with Gasteiger partial charge in [-0.2, -0.15) is 11.8 Å². The standard InChI is InChI=1S/C14H22BrNS/c1-11-9-13(10-15)5-6-14(11)16(3)12(2)7-8-17-4/h5-6,9,12H,7-8,10H2,1-4H3. The minimum absolute atomic E-state index is 0.593. The largest absolute Gasteiger partial charge is 0.372 e. The van der Waals surface area contributed by atoms with Gasteiger partial charge in [0.15, 0.2) is 0 Å². The molecule has 0 aliphatic rings. The molecule has 1 rings (SSSR count). The predicted molar refractivity (Wildman–Crippen MR) is 84.7 cm³/mol. The number of anilines is 1. The summed E-state index contributed by atoms with van der Waals surface area (Å²) in [5, 5.41) is 0.930. The van der Waals surface area contributed by atoms with Gasteiger partial charge < -0.3 is 4.90 Å². The van der Waals surface area contributed by atoms with Crippen molar-refractivity contribution in [3.05, 3.63) is 29.3 Å². The Bertz CT molecular complexity index is 354. The maximum Gasteiger partial charge on any atom is 0.0395 e. The lowest BCUT2D eigenvalue weighted by Crippen LogP contribution is -2.29. The molecule has 96 valence electrons. The lowest BCUT2D eigenvalue weighted by Gasteiger charge is -2.28. The second kappa shape index (κ2) is 7.32. The van der Waals surface area contributed by atoms with Crippen LogP contribution in [0.1, 0.15) is 24.5 Å². The lowest BCUT2D eigenvalue weighted by atomic mass is 10.1. The Hall–Kier alpha value is -0.150. The van der Waals surface area contributed by atoms with Crippen molar-refractivity contribution in [1.82, 2.24) is 0 Å². The Morgan fingerprint density at radius 2 is 2.12 bits per heavy atom. The summed E-state index contributed by atoms with van der Waals surface area (Å²) in [5.74, 6) is 1.23. The maximum absolute atomic E-state index is 3.50. The summed E-state index contributed by atoms with van der Waals surface area (Å²) in [5.41, 5.74) is 4.06. The Kier molecular flexibility index (Phi) is 6.42. The van der Waals surface area contributed by atoms with E-state index in [2.05, 4.69) is 66.2 Å². The van der Waals surface area contributed by atoms with Gasteiger partial charge >= 0.3 is 0 Å². The molecule has 0 spiro atoms. The van der Waals surface area contributed by atoms with Crippen LogP contribution in [0.5, 0.6) is 0 Å². The highest BCUT2D eigenvalue weighted by molar-refractivity contribution is 9.08. The van der Waals surface area contributed by atoms with Gasteiger partial charge in [0.25, 0.3) is 0 Å². The monoisotopic (exact) mass is 315 g/mol. The van der Waals surface area contributed by atoms with Gasteiger partial charge in [-0.05, 0) is 49.5 Å². The number of rotatable bonds is 6. The van der Waals surface area contributed by atoms with Gasteiger partial charge in [-0.3, -0.25) is 0 Å². The van der Waals surface area contributed by atoms with Crippen molar-refractivity contribution in [2.75, 3.05) is 24.0 Å². The Morgan fingerprint density at radius 3 is 2.65 bits per heavy atom. The molecule has 0 amide bonds. The van der Waals surface area contributed by atoms with Crippen molar-refractivity contribution < 1.29 is 0 Å². The van der Waals surface area contributed by atoms with Crippen LogP contribution in [-0.4, -0.2) is 25.1 Å². The number of thioether (sulfide) groups is 1. The van der Waals surface area contributed by atoms with Gasteiger partial charge in [0.2, 0.25) is 0 Å². The van der Waals surface area contributed by atoms with E-state index in [-0.39, 0.29) is 0 Å². The van der Waals surface area contributed by atoms with Crippen LogP contribution in [-0.2, 0) is 5.33 Å². The average molecular weight is 316 g/mol. The molecule has 0 N–H and O–H groups in total. The average Bonchev–Trinajstić information content (AvgIpc) is 2.34. The molecule has 0 aromatic heterocycles. The molecule has 0 bridgehead atoms. The summed E-state index contributed by atoms with van der Waals surface area (Å²) in [4.78, 5) is 2.39. The summed E-state index contributed by atoms with van der Waals surface area (Å²) >= 11 is 5.42. The van der Waals surface area contributed by atoms with E-state index in [4.69, 9.17) is 0 Å². The van der Waals surface area contributed by atoms with E-state index in [0.717, 1.165) is 5.33 Å². The molecule has 1 unspecified atom stereocenters. The van der Waals surface area contributed by atoms with Crippen LogP contribution in [0.25, 0.3) is 0 Å². The van der Waals surface area contributed by atoms with Crippen LogP contribution in [0.3, 0.4) is 0 Å². The first kappa shape index (κ1) is 14.9. The SMILES string of the molecule is CSCCC(C)N(C)c1ccc(CBr)cc1C. The molecule has 0 fully saturated rings. The van der Waals surface area contributed by atoms with E-state index < -0.39 is 0 Å². The van der Waals surface area contributed by atoms with Crippen molar-refractivity contribution in [2.24, 2.45) is 0 Å². The molecule has 0 heterocycles. The van der Waals surface area contributed by atoms with Crippen molar-refractivity contribution >= 4 is 33.4 Å². The zero-order chi connectivity index (χ0) is 12.8. The van der Waals surface area contributed by atoms with Crippen LogP contribution in [0, 0.1) is 6.92 Å². The van der Waals surface area contributed by atoms with Gasteiger partial charge in [-0.15, -0.1) is 0 Å². The topological polar surface area (TPSA) is 3.24 Å². The number of nitrogens with zero attached hydrogens (tertiary/aromatic N) is 1. The first-order valence-electron chi connectivity index (χ1n) is 5.97. The predicted octanol–water partition coefficient (Wildman–Crippen LogP) is 4.47. The molecular weight excluding hydrogens is 294 g/mol. The van der Waals surface area contributed by atoms with Crippen LogP contribution >= 0.6 is 27.7 Å². The third kappa shape index (κ3) is 4.22. The third-order valence-electron chi connectivity index (χ3n) is 3.20. The quantitative estimate of drug-likeness (QED) is 0.713. The Labute approximate surface area is 118 Å².